The zero-order chi connectivity index (χ0) is 17.6. The van der Waals surface area contributed by atoms with Crippen LogP contribution in [-0.2, 0) is 11.8 Å². The van der Waals surface area contributed by atoms with Crippen LogP contribution in [0.4, 0.5) is 11.6 Å². The monoisotopic (exact) mass is 346 g/mol. The Morgan fingerprint density at radius 2 is 2.28 bits per heavy atom. The van der Waals surface area contributed by atoms with Gasteiger partial charge in [-0.1, -0.05) is 0 Å². The number of rotatable bonds is 6. The molecule has 0 unspecified atom stereocenters. The summed E-state index contributed by atoms with van der Waals surface area (Å²) in [6.45, 7) is 4.95. The minimum absolute atomic E-state index is 0.0778. The fraction of sp³-hybridized carbons (Fsp3) is 0.500. The second kappa shape index (κ2) is 7.93. The standard InChI is InChI=1S/C16H22N6O3/c1-3-24-14-8-13(19-11-20-14)22-6-7-25-12(10-22)9-18-15-16(23)21(2)5-4-17-15/h4-5,8,11-12H,3,6-7,9-10H2,1-2H3,(H,17,18)/t12-/m1/s1. The molecular weight excluding hydrogens is 324 g/mol. The number of ether oxygens (including phenoxy) is 2. The molecule has 0 saturated carbocycles. The van der Waals surface area contributed by atoms with Crippen molar-refractivity contribution >= 4 is 11.6 Å². The summed E-state index contributed by atoms with van der Waals surface area (Å²) in [5, 5.41) is 3.07. The van der Waals surface area contributed by atoms with Crippen molar-refractivity contribution in [1.29, 1.82) is 0 Å². The van der Waals surface area contributed by atoms with E-state index in [4.69, 9.17) is 9.47 Å². The Balaban J connectivity index is 1.62. The Morgan fingerprint density at radius 1 is 1.40 bits per heavy atom. The molecule has 1 aliphatic rings. The quantitative estimate of drug-likeness (QED) is 0.797. The molecule has 25 heavy (non-hydrogen) atoms. The summed E-state index contributed by atoms with van der Waals surface area (Å²) in [4.78, 5) is 26.6. The van der Waals surface area contributed by atoms with Gasteiger partial charge >= 0.3 is 0 Å². The van der Waals surface area contributed by atoms with E-state index in [0.717, 1.165) is 12.4 Å². The van der Waals surface area contributed by atoms with Gasteiger partial charge in [-0.05, 0) is 6.92 Å². The molecule has 9 heteroatoms. The van der Waals surface area contributed by atoms with Crippen LogP contribution >= 0.6 is 0 Å². The van der Waals surface area contributed by atoms with Crippen LogP contribution in [0.5, 0.6) is 5.88 Å². The number of nitrogens with one attached hydrogen (secondary N) is 1. The van der Waals surface area contributed by atoms with Gasteiger partial charge < -0.3 is 24.3 Å². The maximum absolute atomic E-state index is 12.0. The predicted octanol–water partition coefficient (Wildman–Crippen LogP) is 0.286. The van der Waals surface area contributed by atoms with Gasteiger partial charge in [0.05, 0.1) is 19.3 Å². The zero-order valence-electron chi connectivity index (χ0n) is 14.4. The highest BCUT2D eigenvalue weighted by Gasteiger charge is 2.22. The lowest BCUT2D eigenvalue weighted by Gasteiger charge is -2.33. The predicted molar refractivity (Wildman–Crippen MR) is 93.1 cm³/mol. The van der Waals surface area contributed by atoms with E-state index in [1.807, 2.05) is 13.0 Å². The summed E-state index contributed by atoms with van der Waals surface area (Å²) in [6.07, 6.45) is 4.64. The third-order valence-corrected chi connectivity index (χ3v) is 3.90. The molecule has 0 spiro atoms. The first-order chi connectivity index (χ1) is 12.2. The van der Waals surface area contributed by atoms with Gasteiger partial charge in [-0.25, -0.2) is 15.0 Å². The van der Waals surface area contributed by atoms with Gasteiger partial charge in [0.25, 0.3) is 5.56 Å². The molecular formula is C16H22N6O3. The molecule has 0 bridgehead atoms. The van der Waals surface area contributed by atoms with Crippen LogP contribution in [0.1, 0.15) is 6.92 Å². The zero-order valence-corrected chi connectivity index (χ0v) is 14.4. The average molecular weight is 346 g/mol. The van der Waals surface area contributed by atoms with Gasteiger partial charge in [0.1, 0.15) is 12.1 Å². The Hall–Kier alpha value is -2.68. The number of aromatic nitrogens is 4. The molecule has 134 valence electrons. The van der Waals surface area contributed by atoms with Gasteiger partial charge in [0, 0.05) is 45.1 Å². The van der Waals surface area contributed by atoms with Crippen LogP contribution in [0.3, 0.4) is 0 Å². The molecule has 3 rings (SSSR count). The Labute approximate surface area is 145 Å². The van der Waals surface area contributed by atoms with Crippen molar-refractivity contribution in [2.24, 2.45) is 7.05 Å². The molecule has 1 N–H and O–H groups in total. The second-order valence-corrected chi connectivity index (χ2v) is 5.66. The maximum atomic E-state index is 12.0. The van der Waals surface area contributed by atoms with E-state index in [1.54, 1.807) is 19.4 Å². The van der Waals surface area contributed by atoms with Crippen molar-refractivity contribution in [2.75, 3.05) is 43.1 Å². The van der Waals surface area contributed by atoms with Crippen molar-refractivity contribution in [3.63, 3.8) is 0 Å². The lowest BCUT2D eigenvalue weighted by Crippen LogP contribution is -2.46. The topological polar surface area (TPSA) is 94.4 Å². The third kappa shape index (κ3) is 4.24. The second-order valence-electron chi connectivity index (χ2n) is 5.66. The number of anilines is 2. The summed E-state index contributed by atoms with van der Waals surface area (Å²) < 4.78 is 12.7. The highest BCUT2D eigenvalue weighted by Crippen LogP contribution is 2.18. The van der Waals surface area contributed by atoms with Gasteiger partial charge in [0.2, 0.25) is 5.88 Å². The van der Waals surface area contributed by atoms with E-state index in [0.29, 0.717) is 38.0 Å². The van der Waals surface area contributed by atoms with Crippen molar-refractivity contribution in [1.82, 2.24) is 19.5 Å². The van der Waals surface area contributed by atoms with E-state index >= 15 is 0 Å². The van der Waals surface area contributed by atoms with Crippen LogP contribution in [0.15, 0.2) is 29.6 Å². The summed E-state index contributed by atoms with van der Waals surface area (Å²) in [6, 6.07) is 1.83. The molecule has 1 atom stereocenters. The van der Waals surface area contributed by atoms with Crippen LogP contribution in [0.2, 0.25) is 0 Å². The summed E-state index contributed by atoms with van der Waals surface area (Å²) >= 11 is 0. The number of morpholine rings is 1. The first-order valence-corrected chi connectivity index (χ1v) is 8.24. The highest BCUT2D eigenvalue weighted by molar-refractivity contribution is 5.41. The fourth-order valence-corrected chi connectivity index (χ4v) is 2.61. The molecule has 0 aromatic carbocycles. The largest absolute Gasteiger partial charge is 0.478 e. The van der Waals surface area contributed by atoms with Crippen LogP contribution in [0, 0.1) is 0 Å². The highest BCUT2D eigenvalue weighted by atomic mass is 16.5. The molecule has 2 aromatic rings. The molecule has 0 amide bonds. The van der Waals surface area contributed by atoms with Gasteiger partial charge in [-0.15, -0.1) is 0 Å². The lowest BCUT2D eigenvalue weighted by molar-refractivity contribution is 0.0489. The fourth-order valence-electron chi connectivity index (χ4n) is 2.61. The normalized spacial score (nSPS) is 17.4. The van der Waals surface area contributed by atoms with Crippen molar-refractivity contribution in [3.05, 3.63) is 35.1 Å². The Bertz CT molecular complexity index is 766. The van der Waals surface area contributed by atoms with Gasteiger partial charge in [0.15, 0.2) is 5.82 Å². The van der Waals surface area contributed by atoms with E-state index in [1.165, 1.54) is 10.9 Å². The Morgan fingerprint density at radius 3 is 3.12 bits per heavy atom. The van der Waals surface area contributed by atoms with Crippen LogP contribution < -0.4 is 20.5 Å². The minimum Gasteiger partial charge on any atom is -0.478 e. The molecule has 0 aliphatic carbocycles. The SMILES string of the molecule is CCOc1cc(N2CCO[C@H](CNc3nccn(C)c3=O)C2)ncn1. The average Bonchev–Trinajstić information content (AvgIpc) is 2.64. The minimum atomic E-state index is -0.160. The van der Waals surface area contributed by atoms with E-state index in [9.17, 15) is 4.79 Å². The van der Waals surface area contributed by atoms with Crippen LogP contribution in [0.25, 0.3) is 0 Å². The summed E-state index contributed by atoms with van der Waals surface area (Å²) in [7, 11) is 1.69. The number of hydrogen-bond donors (Lipinski definition) is 1. The van der Waals surface area contributed by atoms with E-state index in [2.05, 4.69) is 25.2 Å². The van der Waals surface area contributed by atoms with Crippen molar-refractivity contribution in [3.8, 4) is 5.88 Å². The first kappa shape index (κ1) is 17.2. The molecule has 1 saturated heterocycles. The Kier molecular flexibility index (Phi) is 5.44. The van der Waals surface area contributed by atoms with Crippen molar-refractivity contribution < 1.29 is 9.47 Å². The van der Waals surface area contributed by atoms with Gasteiger partial charge in [-0.3, -0.25) is 4.79 Å². The maximum Gasteiger partial charge on any atom is 0.293 e. The first-order valence-electron chi connectivity index (χ1n) is 8.24. The van der Waals surface area contributed by atoms with Crippen LogP contribution in [-0.4, -0.2) is 58.5 Å². The summed E-state index contributed by atoms with van der Waals surface area (Å²) in [5.74, 6) is 1.69. The molecule has 9 nitrogen and oxygen atoms in total. The molecule has 0 radical (unpaired) electrons. The molecule has 1 aliphatic heterocycles. The molecule has 1 fully saturated rings. The van der Waals surface area contributed by atoms with Gasteiger partial charge in [-0.2, -0.15) is 0 Å². The number of nitrogens with zero attached hydrogens (tertiary/aromatic N) is 5. The number of hydrogen-bond acceptors (Lipinski definition) is 8. The van der Waals surface area contributed by atoms with E-state index in [-0.39, 0.29) is 11.7 Å². The number of aryl methyl sites for hydroxylation is 1. The van der Waals surface area contributed by atoms with E-state index < -0.39 is 0 Å². The van der Waals surface area contributed by atoms with Crippen molar-refractivity contribution in [2.45, 2.75) is 13.0 Å². The molecule has 2 aromatic heterocycles. The molecule has 3 heterocycles. The lowest BCUT2D eigenvalue weighted by atomic mass is 10.2. The third-order valence-electron chi connectivity index (χ3n) is 3.90. The smallest absolute Gasteiger partial charge is 0.293 e. The summed E-state index contributed by atoms with van der Waals surface area (Å²) in [5.41, 5.74) is -0.160.